The van der Waals surface area contributed by atoms with Gasteiger partial charge in [-0.05, 0) is 43.7 Å². The Kier molecular flexibility index (Phi) is 5.46. The summed E-state index contributed by atoms with van der Waals surface area (Å²) in [5, 5.41) is 0.467. The van der Waals surface area contributed by atoms with Crippen molar-refractivity contribution < 1.29 is 19.1 Å². The number of aromatic nitrogens is 2. The number of fused-ring (bicyclic) bond motifs is 1. The second-order valence-corrected chi connectivity index (χ2v) is 7.63. The summed E-state index contributed by atoms with van der Waals surface area (Å²) < 4.78 is 10.9. The van der Waals surface area contributed by atoms with Gasteiger partial charge in [-0.3, -0.25) is 14.4 Å². The van der Waals surface area contributed by atoms with Crippen molar-refractivity contribution in [3.63, 3.8) is 0 Å². The Morgan fingerprint density at radius 1 is 1.23 bits per heavy atom. The first-order valence-electron chi connectivity index (χ1n) is 10.0. The van der Waals surface area contributed by atoms with E-state index in [-0.39, 0.29) is 30.3 Å². The van der Waals surface area contributed by atoms with Crippen LogP contribution in [0.1, 0.15) is 30.8 Å². The van der Waals surface area contributed by atoms with Gasteiger partial charge in [0.15, 0.2) is 11.9 Å². The fraction of sp³-hybridized carbons (Fsp3) is 0.304. The van der Waals surface area contributed by atoms with Crippen LogP contribution in [0.15, 0.2) is 47.3 Å². The van der Waals surface area contributed by atoms with Gasteiger partial charge in [-0.15, -0.1) is 0 Å². The van der Waals surface area contributed by atoms with E-state index >= 15 is 0 Å². The number of amides is 1. The van der Waals surface area contributed by atoms with Gasteiger partial charge in [-0.2, -0.15) is 0 Å². The zero-order valence-corrected chi connectivity index (χ0v) is 17.5. The highest BCUT2D eigenvalue weighted by Gasteiger charge is 2.38. The maximum Gasteiger partial charge on any atom is 0.311 e. The Labute approximate surface area is 178 Å². The number of H-pyrrole nitrogens is 1. The molecule has 1 aromatic heterocycles. The molecule has 1 aliphatic rings. The van der Waals surface area contributed by atoms with Crippen LogP contribution in [0, 0.1) is 12.8 Å². The van der Waals surface area contributed by atoms with Crippen molar-refractivity contribution in [3.8, 4) is 5.75 Å². The Hall–Kier alpha value is -3.68. The van der Waals surface area contributed by atoms with E-state index in [1.54, 1.807) is 49.3 Å². The minimum Gasteiger partial charge on any atom is -0.495 e. The SMILES string of the molecule is COc1ccc(C)cc1N1C[C@H](C(=O)O[C@H](C)c2nc3ccccc3c(=O)[nH]2)CC1=O. The van der Waals surface area contributed by atoms with Crippen molar-refractivity contribution in [2.24, 2.45) is 5.92 Å². The molecule has 0 aliphatic carbocycles. The first-order chi connectivity index (χ1) is 14.9. The van der Waals surface area contributed by atoms with Gasteiger partial charge >= 0.3 is 5.97 Å². The molecule has 1 N–H and O–H groups in total. The predicted octanol–water partition coefficient (Wildman–Crippen LogP) is 2.90. The summed E-state index contributed by atoms with van der Waals surface area (Å²) in [6.07, 6.45) is -0.716. The number of esters is 1. The lowest BCUT2D eigenvalue weighted by Crippen LogP contribution is -2.27. The van der Waals surface area contributed by atoms with Crippen molar-refractivity contribution in [2.75, 3.05) is 18.6 Å². The Morgan fingerprint density at radius 2 is 2.00 bits per heavy atom. The van der Waals surface area contributed by atoms with Gasteiger partial charge in [-0.25, -0.2) is 4.98 Å². The topological polar surface area (TPSA) is 102 Å². The molecule has 3 aromatic rings. The third kappa shape index (κ3) is 4.01. The quantitative estimate of drug-likeness (QED) is 0.636. The second kappa shape index (κ2) is 8.22. The van der Waals surface area contributed by atoms with Gasteiger partial charge in [0, 0.05) is 13.0 Å². The zero-order valence-electron chi connectivity index (χ0n) is 17.5. The van der Waals surface area contributed by atoms with Gasteiger partial charge in [-0.1, -0.05) is 18.2 Å². The smallest absolute Gasteiger partial charge is 0.311 e. The molecule has 1 saturated heterocycles. The number of nitrogens with zero attached hydrogens (tertiary/aromatic N) is 2. The molecule has 0 saturated carbocycles. The minimum atomic E-state index is -0.762. The molecule has 0 spiro atoms. The maximum absolute atomic E-state index is 12.8. The molecule has 0 unspecified atom stereocenters. The number of rotatable bonds is 5. The number of benzene rings is 2. The zero-order chi connectivity index (χ0) is 22.1. The number of ether oxygens (including phenoxy) is 2. The second-order valence-electron chi connectivity index (χ2n) is 7.63. The number of hydrogen-bond acceptors (Lipinski definition) is 6. The van der Waals surface area contributed by atoms with Crippen molar-refractivity contribution in [2.45, 2.75) is 26.4 Å². The van der Waals surface area contributed by atoms with Crippen molar-refractivity contribution >= 4 is 28.5 Å². The van der Waals surface area contributed by atoms with E-state index in [0.717, 1.165) is 5.56 Å². The summed E-state index contributed by atoms with van der Waals surface area (Å²) in [5.41, 5.74) is 1.85. The highest BCUT2D eigenvalue weighted by Crippen LogP contribution is 2.34. The molecule has 2 heterocycles. The van der Waals surface area contributed by atoms with E-state index in [0.29, 0.717) is 22.3 Å². The van der Waals surface area contributed by atoms with Crippen LogP contribution in [-0.2, 0) is 14.3 Å². The molecule has 2 atom stereocenters. The molecule has 160 valence electrons. The number of nitrogens with one attached hydrogen (secondary N) is 1. The van der Waals surface area contributed by atoms with Crippen molar-refractivity contribution in [3.05, 3.63) is 64.2 Å². The minimum absolute atomic E-state index is 0.0460. The first kappa shape index (κ1) is 20.6. The first-order valence-corrected chi connectivity index (χ1v) is 10.0. The maximum atomic E-state index is 12.8. The third-order valence-corrected chi connectivity index (χ3v) is 5.39. The number of carbonyl (C=O) groups excluding carboxylic acids is 2. The molecule has 0 radical (unpaired) electrons. The fourth-order valence-corrected chi connectivity index (χ4v) is 3.73. The van der Waals surface area contributed by atoms with Crippen LogP contribution in [-0.4, -0.2) is 35.5 Å². The lowest BCUT2D eigenvalue weighted by molar-refractivity contribution is -0.153. The van der Waals surface area contributed by atoms with Gasteiger partial charge in [0.05, 0.1) is 29.6 Å². The number of aromatic amines is 1. The Balaban J connectivity index is 1.50. The van der Waals surface area contributed by atoms with Gasteiger partial charge < -0.3 is 19.4 Å². The number of methoxy groups -OCH3 is 1. The molecule has 31 heavy (non-hydrogen) atoms. The number of carbonyl (C=O) groups is 2. The molecular weight excluding hydrogens is 398 g/mol. The molecule has 4 rings (SSSR count). The van der Waals surface area contributed by atoms with Crippen LogP contribution in [0.25, 0.3) is 10.9 Å². The highest BCUT2D eigenvalue weighted by atomic mass is 16.5. The molecular formula is C23H23N3O5. The van der Waals surface area contributed by atoms with E-state index in [1.165, 1.54) is 0 Å². The molecule has 0 bridgehead atoms. The number of para-hydroxylation sites is 1. The lowest BCUT2D eigenvalue weighted by atomic mass is 10.1. The highest BCUT2D eigenvalue weighted by molar-refractivity contribution is 6.00. The predicted molar refractivity (Wildman–Crippen MR) is 115 cm³/mol. The summed E-state index contributed by atoms with van der Waals surface area (Å²) in [4.78, 5) is 46.3. The van der Waals surface area contributed by atoms with Crippen LogP contribution >= 0.6 is 0 Å². The molecule has 1 fully saturated rings. The molecule has 8 nitrogen and oxygen atoms in total. The Morgan fingerprint density at radius 3 is 2.77 bits per heavy atom. The summed E-state index contributed by atoms with van der Waals surface area (Å²) >= 11 is 0. The van der Waals surface area contributed by atoms with Gasteiger partial charge in [0.2, 0.25) is 5.91 Å². The van der Waals surface area contributed by atoms with Crippen LogP contribution in [0.3, 0.4) is 0 Å². The number of anilines is 1. The summed E-state index contributed by atoms with van der Waals surface area (Å²) in [7, 11) is 1.54. The molecule has 8 heteroatoms. The average molecular weight is 421 g/mol. The lowest BCUT2D eigenvalue weighted by Gasteiger charge is -2.20. The molecule has 1 aliphatic heterocycles. The van der Waals surface area contributed by atoms with E-state index in [4.69, 9.17) is 9.47 Å². The van der Waals surface area contributed by atoms with Gasteiger partial charge in [0.1, 0.15) is 5.75 Å². The van der Waals surface area contributed by atoms with E-state index in [1.807, 2.05) is 19.1 Å². The van der Waals surface area contributed by atoms with E-state index < -0.39 is 18.0 Å². The van der Waals surface area contributed by atoms with Crippen molar-refractivity contribution in [1.82, 2.24) is 9.97 Å². The largest absolute Gasteiger partial charge is 0.495 e. The van der Waals surface area contributed by atoms with Gasteiger partial charge in [0.25, 0.3) is 5.56 Å². The van der Waals surface area contributed by atoms with Crippen LogP contribution in [0.5, 0.6) is 5.75 Å². The molecule has 2 aromatic carbocycles. The van der Waals surface area contributed by atoms with E-state index in [2.05, 4.69) is 9.97 Å². The summed E-state index contributed by atoms with van der Waals surface area (Å²) in [5.74, 6) is -0.466. The molecule has 1 amide bonds. The van der Waals surface area contributed by atoms with Crippen LogP contribution < -0.4 is 15.2 Å². The van der Waals surface area contributed by atoms with Crippen molar-refractivity contribution in [1.29, 1.82) is 0 Å². The Bertz CT molecular complexity index is 1220. The third-order valence-electron chi connectivity index (χ3n) is 5.39. The monoisotopic (exact) mass is 421 g/mol. The standard InChI is InChI=1S/C23H23N3O5/c1-13-8-9-19(30-3)18(10-13)26-12-15(11-20(26)27)23(29)31-14(2)21-24-17-7-5-4-6-16(17)22(28)25-21/h4-10,14-15H,11-12H2,1-3H3,(H,24,25,28)/t14-,15-/m1/s1. The number of aryl methyl sites for hydroxylation is 1. The van der Waals surface area contributed by atoms with Crippen LogP contribution in [0.2, 0.25) is 0 Å². The summed E-state index contributed by atoms with van der Waals surface area (Å²) in [6.45, 7) is 3.77. The average Bonchev–Trinajstić information content (AvgIpc) is 3.15. The van der Waals surface area contributed by atoms with Crippen LogP contribution in [0.4, 0.5) is 5.69 Å². The number of hydrogen-bond donors (Lipinski definition) is 1. The fourth-order valence-electron chi connectivity index (χ4n) is 3.73. The van der Waals surface area contributed by atoms with E-state index in [9.17, 15) is 14.4 Å². The summed E-state index contributed by atoms with van der Waals surface area (Å²) in [6, 6.07) is 12.5. The normalized spacial score (nSPS) is 17.1.